The van der Waals surface area contributed by atoms with Gasteiger partial charge in [-0.25, -0.2) is 9.97 Å². The summed E-state index contributed by atoms with van der Waals surface area (Å²) in [5, 5.41) is 12.6. The quantitative estimate of drug-likeness (QED) is 0.778. The third kappa shape index (κ3) is 4.77. The summed E-state index contributed by atoms with van der Waals surface area (Å²) in [6, 6.07) is 1.66. The van der Waals surface area contributed by atoms with Gasteiger partial charge in [0.15, 0.2) is 0 Å². The minimum atomic E-state index is -0.415. The second-order valence-electron chi connectivity index (χ2n) is 4.32. The van der Waals surface area contributed by atoms with Crippen molar-refractivity contribution >= 4 is 17.4 Å². The van der Waals surface area contributed by atoms with Gasteiger partial charge in [0, 0.05) is 19.0 Å². The van der Waals surface area contributed by atoms with Gasteiger partial charge in [-0.1, -0.05) is 25.4 Å². The van der Waals surface area contributed by atoms with E-state index >= 15 is 0 Å². The Bertz CT molecular complexity index is 342. The van der Waals surface area contributed by atoms with Gasteiger partial charge < -0.3 is 10.4 Å². The molecule has 1 heterocycles. The van der Waals surface area contributed by atoms with Crippen LogP contribution in [0.1, 0.15) is 26.6 Å². The summed E-state index contributed by atoms with van der Waals surface area (Å²) in [4.78, 5) is 8.48. The number of hydrogen-bond donors (Lipinski definition) is 2. The van der Waals surface area contributed by atoms with Crippen LogP contribution in [-0.2, 0) is 6.42 Å². The van der Waals surface area contributed by atoms with Crippen LogP contribution in [0.3, 0.4) is 0 Å². The summed E-state index contributed by atoms with van der Waals surface area (Å²) in [5.74, 6) is 1.88. The number of nitrogens with zero attached hydrogens (tertiary/aromatic N) is 2. The first-order valence-electron chi connectivity index (χ1n) is 5.42. The Balaban J connectivity index is 2.73. The highest BCUT2D eigenvalue weighted by atomic mass is 35.5. The van der Waals surface area contributed by atoms with E-state index in [1.54, 1.807) is 13.0 Å². The number of halogens is 1. The normalized spacial score (nSPS) is 12.9. The van der Waals surface area contributed by atoms with Crippen molar-refractivity contribution in [3.63, 3.8) is 0 Å². The van der Waals surface area contributed by atoms with Gasteiger partial charge in [0.2, 0.25) is 0 Å². The average molecular weight is 244 g/mol. The van der Waals surface area contributed by atoms with Gasteiger partial charge in [0.25, 0.3) is 0 Å². The molecule has 5 heteroatoms. The van der Waals surface area contributed by atoms with E-state index in [0.29, 0.717) is 23.4 Å². The largest absolute Gasteiger partial charge is 0.392 e. The number of hydrogen-bond acceptors (Lipinski definition) is 4. The molecule has 2 N–H and O–H groups in total. The van der Waals surface area contributed by atoms with E-state index in [2.05, 4.69) is 29.1 Å². The summed E-state index contributed by atoms with van der Waals surface area (Å²) < 4.78 is 0. The summed E-state index contributed by atoms with van der Waals surface area (Å²) >= 11 is 5.90. The molecule has 0 aromatic carbocycles. The lowest BCUT2D eigenvalue weighted by molar-refractivity contribution is 0.208. The van der Waals surface area contributed by atoms with Crippen molar-refractivity contribution in [2.24, 2.45) is 5.92 Å². The molecule has 0 fully saturated rings. The molecule has 16 heavy (non-hydrogen) atoms. The Morgan fingerprint density at radius 3 is 2.62 bits per heavy atom. The Kier molecular flexibility index (Phi) is 4.96. The SMILES string of the molecule is CC(C)Cc1nc(Cl)cc(NCC(C)O)n1. The highest BCUT2D eigenvalue weighted by molar-refractivity contribution is 6.29. The number of aliphatic hydroxyl groups is 1. The van der Waals surface area contributed by atoms with Crippen LogP contribution in [0.5, 0.6) is 0 Å². The van der Waals surface area contributed by atoms with Crippen molar-refractivity contribution in [2.75, 3.05) is 11.9 Å². The average Bonchev–Trinajstić information content (AvgIpc) is 2.12. The van der Waals surface area contributed by atoms with Gasteiger partial charge in [0.05, 0.1) is 6.10 Å². The maximum absolute atomic E-state index is 9.16. The molecule has 0 spiro atoms. The van der Waals surface area contributed by atoms with Crippen molar-refractivity contribution < 1.29 is 5.11 Å². The van der Waals surface area contributed by atoms with Gasteiger partial charge in [-0.2, -0.15) is 0 Å². The van der Waals surface area contributed by atoms with Crippen LogP contribution < -0.4 is 5.32 Å². The van der Waals surface area contributed by atoms with E-state index < -0.39 is 6.10 Å². The van der Waals surface area contributed by atoms with E-state index in [0.717, 1.165) is 12.2 Å². The Morgan fingerprint density at radius 2 is 2.06 bits per heavy atom. The van der Waals surface area contributed by atoms with Crippen molar-refractivity contribution in [1.29, 1.82) is 0 Å². The highest BCUT2D eigenvalue weighted by Crippen LogP contribution is 2.13. The number of anilines is 1. The Labute approximate surface area is 101 Å². The standard InChI is InChI=1S/C11H18ClN3O/c1-7(2)4-11-14-9(12)5-10(15-11)13-6-8(3)16/h5,7-8,16H,4,6H2,1-3H3,(H,13,14,15). The lowest BCUT2D eigenvalue weighted by atomic mass is 10.1. The molecular weight excluding hydrogens is 226 g/mol. The second kappa shape index (κ2) is 6.01. The fourth-order valence-corrected chi connectivity index (χ4v) is 1.46. The smallest absolute Gasteiger partial charge is 0.134 e. The number of aliphatic hydroxyl groups excluding tert-OH is 1. The highest BCUT2D eigenvalue weighted by Gasteiger charge is 2.06. The monoisotopic (exact) mass is 243 g/mol. The summed E-state index contributed by atoms with van der Waals surface area (Å²) in [6.45, 7) is 6.37. The van der Waals surface area contributed by atoms with E-state index in [1.165, 1.54) is 0 Å². The zero-order valence-electron chi connectivity index (χ0n) is 9.87. The molecule has 0 amide bonds. The molecule has 0 bridgehead atoms. The maximum Gasteiger partial charge on any atom is 0.134 e. The first-order chi connectivity index (χ1) is 7.47. The lowest BCUT2D eigenvalue weighted by Crippen LogP contribution is -2.16. The number of rotatable bonds is 5. The molecule has 1 aromatic heterocycles. The van der Waals surface area contributed by atoms with Gasteiger partial charge in [0.1, 0.15) is 16.8 Å². The van der Waals surface area contributed by atoms with Crippen LogP contribution in [0.4, 0.5) is 5.82 Å². The molecule has 0 saturated heterocycles. The van der Waals surface area contributed by atoms with E-state index in [4.69, 9.17) is 16.7 Å². The summed E-state index contributed by atoms with van der Waals surface area (Å²) in [5.41, 5.74) is 0. The van der Waals surface area contributed by atoms with Crippen LogP contribution in [0.2, 0.25) is 5.15 Å². The molecule has 1 aromatic rings. The van der Waals surface area contributed by atoms with Crippen LogP contribution in [0, 0.1) is 5.92 Å². The number of nitrogens with one attached hydrogen (secondary N) is 1. The van der Waals surface area contributed by atoms with Crippen LogP contribution in [0.25, 0.3) is 0 Å². The maximum atomic E-state index is 9.16. The fraction of sp³-hybridized carbons (Fsp3) is 0.636. The molecule has 1 unspecified atom stereocenters. The van der Waals surface area contributed by atoms with Gasteiger partial charge in [-0.15, -0.1) is 0 Å². The van der Waals surface area contributed by atoms with Crippen molar-refractivity contribution in [3.8, 4) is 0 Å². The van der Waals surface area contributed by atoms with Gasteiger partial charge >= 0.3 is 0 Å². The minimum Gasteiger partial charge on any atom is -0.392 e. The molecular formula is C11H18ClN3O. The van der Waals surface area contributed by atoms with Crippen LogP contribution >= 0.6 is 11.6 Å². The third-order valence-electron chi connectivity index (χ3n) is 1.91. The van der Waals surface area contributed by atoms with Crippen LogP contribution in [-0.4, -0.2) is 27.7 Å². The van der Waals surface area contributed by atoms with Gasteiger partial charge in [-0.05, 0) is 12.8 Å². The van der Waals surface area contributed by atoms with E-state index in [1.807, 2.05) is 0 Å². The molecule has 4 nitrogen and oxygen atoms in total. The molecule has 1 rings (SSSR count). The molecule has 0 aliphatic heterocycles. The van der Waals surface area contributed by atoms with Crippen molar-refractivity contribution in [1.82, 2.24) is 9.97 Å². The fourth-order valence-electron chi connectivity index (χ4n) is 1.26. The molecule has 0 aliphatic carbocycles. The molecule has 90 valence electrons. The zero-order chi connectivity index (χ0) is 12.1. The first kappa shape index (κ1) is 13.2. The van der Waals surface area contributed by atoms with Crippen LogP contribution in [0.15, 0.2) is 6.07 Å². The second-order valence-corrected chi connectivity index (χ2v) is 4.71. The predicted molar refractivity (Wildman–Crippen MR) is 65.8 cm³/mol. The summed E-state index contributed by atoms with van der Waals surface area (Å²) in [7, 11) is 0. The van der Waals surface area contributed by atoms with Crippen molar-refractivity contribution in [2.45, 2.75) is 33.3 Å². The molecule has 0 aliphatic rings. The predicted octanol–water partition coefficient (Wildman–Crippen LogP) is 2.12. The topological polar surface area (TPSA) is 58.0 Å². The lowest BCUT2D eigenvalue weighted by Gasteiger charge is -2.10. The van der Waals surface area contributed by atoms with E-state index in [-0.39, 0.29) is 0 Å². The zero-order valence-corrected chi connectivity index (χ0v) is 10.6. The molecule has 0 saturated carbocycles. The first-order valence-corrected chi connectivity index (χ1v) is 5.80. The van der Waals surface area contributed by atoms with Gasteiger partial charge in [-0.3, -0.25) is 0 Å². The minimum absolute atomic E-state index is 0.415. The van der Waals surface area contributed by atoms with Crippen molar-refractivity contribution in [3.05, 3.63) is 17.0 Å². The Hall–Kier alpha value is -0.870. The Morgan fingerprint density at radius 1 is 1.38 bits per heavy atom. The summed E-state index contributed by atoms with van der Waals surface area (Å²) in [6.07, 6.45) is 0.381. The molecule has 1 atom stereocenters. The number of aromatic nitrogens is 2. The van der Waals surface area contributed by atoms with E-state index in [9.17, 15) is 0 Å². The third-order valence-corrected chi connectivity index (χ3v) is 2.10. The molecule has 0 radical (unpaired) electrons.